The van der Waals surface area contributed by atoms with Crippen molar-refractivity contribution < 1.29 is 4.79 Å². The number of aromatic nitrogens is 3. The summed E-state index contributed by atoms with van der Waals surface area (Å²) >= 11 is 1.50. The Morgan fingerprint density at radius 1 is 0.966 bits per heavy atom. The van der Waals surface area contributed by atoms with Crippen LogP contribution in [0.25, 0.3) is 10.1 Å². The molecule has 0 saturated carbocycles. The summed E-state index contributed by atoms with van der Waals surface area (Å²) in [6.07, 6.45) is 1.79. The number of rotatable bonds is 7. The van der Waals surface area contributed by atoms with E-state index < -0.39 is 0 Å². The number of carbonyl (C=O) groups is 1. The first kappa shape index (κ1) is 18.8. The van der Waals surface area contributed by atoms with Crippen molar-refractivity contribution in [3.63, 3.8) is 0 Å². The first-order valence-electron chi connectivity index (χ1n) is 9.21. The number of thiophene rings is 1. The largest absolute Gasteiger partial charge is 0.367 e. The summed E-state index contributed by atoms with van der Waals surface area (Å²) in [6.45, 7) is 3.03. The minimum Gasteiger partial charge on any atom is -0.367 e. The maximum atomic E-state index is 12.3. The highest BCUT2D eigenvalue weighted by molar-refractivity contribution is 7.20. The lowest BCUT2D eigenvalue weighted by Crippen LogP contribution is -2.28. The zero-order chi connectivity index (χ0) is 20.1. The maximum Gasteiger partial charge on any atom is 0.261 e. The third-order valence-electron chi connectivity index (χ3n) is 4.20. The highest BCUT2D eigenvalue weighted by Gasteiger charge is 2.09. The van der Waals surface area contributed by atoms with Gasteiger partial charge in [-0.15, -0.1) is 21.5 Å². The van der Waals surface area contributed by atoms with Gasteiger partial charge < -0.3 is 16.0 Å². The minimum absolute atomic E-state index is 0.0655. The zero-order valence-corrected chi connectivity index (χ0v) is 16.7. The standard InChI is InChI=1S/C21H20N6OS/c1-14-6-7-18(24-13-14)25-20-9-8-19(26-27-20)22-10-11-23-21(28)17-12-15-4-2-3-5-16(15)29-17/h2-9,12-13H,10-11H2,1H3,(H,22,26)(H,23,28)(H,24,25,27). The second-order valence-corrected chi connectivity index (χ2v) is 7.56. The van der Waals surface area contributed by atoms with Gasteiger partial charge in [0.05, 0.1) is 4.88 Å². The molecule has 0 atom stereocenters. The Kier molecular flexibility index (Phi) is 5.62. The number of benzene rings is 1. The third kappa shape index (κ3) is 4.85. The SMILES string of the molecule is Cc1ccc(Nc2ccc(NCCNC(=O)c3cc4ccccc4s3)nn2)nc1. The number of nitrogens with zero attached hydrogens (tertiary/aromatic N) is 3. The fourth-order valence-corrected chi connectivity index (χ4v) is 3.69. The Morgan fingerprint density at radius 2 is 1.76 bits per heavy atom. The highest BCUT2D eigenvalue weighted by atomic mass is 32.1. The van der Waals surface area contributed by atoms with Crippen LogP contribution in [0.5, 0.6) is 0 Å². The summed E-state index contributed by atoms with van der Waals surface area (Å²) in [5, 5.41) is 18.5. The average Bonchev–Trinajstić information content (AvgIpc) is 3.18. The van der Waals surface area contributed by atoms with Crippen LogP contribution in [0.1, 0.15) is 15.2 Å². The molecule has 0 aliphatic heterocycles. The van der Waals surface area contributed by atoms with Crippen molar-refractivity contribution in [1.82, 2.24) is 20.5 Å². The van der Waals surface area contributed by atoms with Crippen LogP contribution in [0.2, 0.25) is 0 Å². The van der Waals surface area contributed by atoms with Crippen LogP contribution in [0, 0.1) is 6.92 Å². The predicted molar refractivity (Wildman–Crippen MR) is 117 cm³/mol. The Balaban J connectivity index is 1.24. The molecule has 8 heteroatoms. The number of hydrogen-bond acceptors (Lipinski definition) is 7. The summed E-state index contributed by atoms with van der Waals surface area (Å²) in [5.74, 6) is 1.91. The van der Waals surface area contributed by atoms with Crippen molar-refractivity contribution in [1.29, 1.82) is 0 Å². The molecule has 0 spiro atoms. The molecule has 0 fully saturated rings. The number of aryl methyl sites for hydroxylation is 1. The van der Waals surface area contributed by atoms with Crippen molar-refractivity contribution in [2.45, 2.75) is 6.92 Å². The Morgan fingerprint density at radius 3 is 2.52 bits per heavy atom. The van der Waals surface area contributed by atoms with Gasteiger partial charge in [0, 0.05) is 24.0 Å². The zero-order valence-electron chi connectivity index (χ0n) is 15.8. The normalized spacial score (nSPS) is 10.7. The van der Waals surface area contributed by atoms with Crippen molar-refractivity contribution in [2.24, 2.45) is 0 Å². The van der Waals surface area contributed by atoms with Crippen LogP contribution in [-0.4, -0.2) is 34.2 Å². The Labute approximate surface area is 172 Å². The lowest BCUT2D eigenvalue weighted by molar-refractivity contribution is 0.0959. The molecule has 146 valence electrons. The molecule has 3 N–H and O–H groups in total. The van der Waals surface area contributed by atoms with Gasteiger partial charge in [-0.05, 0) is 48.2 Å². The fourth-order valence-electron chi connectivity index (χ4n) is 2.71. The maximum absolute atomic E-state index is 12.3. The number of pyridine rings is 1. The van der Waals surface area contributed by atoms with E-state index in [9.17, 15) is 4.79 Å². The molecule has 0 radical (unpaired) electrons. The van der Waals surface area contributed by atoms with Crippen molar-refractivity contribution in [3.05, 3.63) is 71.2 Å². The van der Waals surface area contributed by atoms with Gasteiger partial charge in [-0.2, -0.15) is 0 Å². The Bertz CT molecular complexity index is 1080. The summed E-state index contributed by atoms with van der Waals surface area (Å²) < 4.78 is 1.11. The summed E-state index contributed by atoms with van der Waals surface area (Å²) in [7, 11) is 0. The number of hydrogen-bond donors (Lipinski definition) is 3. The van der Waals surface area contributed by atoms with Gasteiger partial charge in [0.15, 0.2) is 5.82 Å². The van der Waals surface area contributed by atoms with Crippen LogP contribution in [-0.2, 0) is 0 Å². The average molecular weight is 404 g/mol. The van der Waals surface area contributed by atoms with E-state index in [4.69, 9.17) is 0 Å². The van der Waals surface area contributed by atoms with E-state index >= 15 is 0 Å². The number of nitrogens with one attached hydrogen (secondary N) is 3. The molecule has 4 aromatic rings. The summed E-state index contributed by atoms with van der Waals surface area (Å²) in [6, 6.07) is 17.4. The van der Waals surface area contributed by atoms with E-state index in [-0.39, 0.29) is 5.91 Å². The molecular formula is C21H20N6OS. The molecule has 7 nitrogen and oxygen atoms in total. The molecule has 0 saturated heterocycles. The molecular weight excluding hydrogens is 384 g/mol. The monoisotopic (exact) mass is 404 g/mol. The van der Waals surface area contributed by atoms with Crippen LogP contribution >= 0.6 is 11.3 Å². The van der Waals surface area contributed by atoms with E-state index in [1.165, 1.54) is 11.3 Å². The van der Waals surface area contributed by atoms with Gasteiger partial charge in [0.1, 0.15) is 11.6 Å². The van der Waals surface area contributed by atoms with Gasteiger partial charge in [0.25, 0.3) is 5.91 Å². The summed E-state index contributed by atoms with van der Waals surface area (Å²) in [4.78, 5) is 17.3. The fraction of sp³-hybridized carbons (Fsp3) is 0.143. The molecule has 3 heterocycles. The van der Waals surface area contributed by atoms with Gasteiger partial charge in [-0.25, -0.2) is 4.98 Å². The minimum atomic E-state index is -0.0655. The first-order chi connectivity index (χ1) is 14.2. The molecule has 29 heavy (non-hydrogen) atoms. The van der Waals surface area contributed by atoms with E-state index in [1.807, 2.05) is 61.5 Å². The highest BCUT2D eigenvalue weighted by Crippen LogP contribution is 2.25. The predicted octanol–water partition coefficient (Wildman–Crippen LogP) is 3.98. The lowest BCUT2D eigenvalue weighted by Gasteiger charge is -2.08. The van der Waals surface area contributed by atoms with E-state index in [1.54, 1.807) is 6.20 Å². The third-order valence-corrected chi connectivity index (χ3v) is 5.31. The van der Waals surface area contributed by atoms with Crippen LogP contribution in [0.4, 0.5) is 17.5 Å². The lowest BCUT2D eigenvalue weighted by atomic mass is 10.2. The second-order valence-electron chi connectivity index (χ2n) is 6.48. The number of amides is 1. The molecule has 0 unspecified atom stereocenters. The topological polar surface area (TPSA) is 91.8 Å². The van der Waals surface area contributed by atoms with Crippen molar-refractivity contribution in [2.75, 3.05) is 23.7 Å². The molecule has 0 aliphatic rings. The van der Waals surface area contributed by atoms with Crippen LogP contribution in [0.3, 0.4) is 0 Å². The van der Waals surface area contributed by atoms with E-state index in [0.717, 1.165) is 21.5 Å². The van der Waals surface area contributed by atoms with Gasteiger partial charge >= 0.3 is 0 Å². The van der Waals surface area contributed by atoms with Crippen LogP contribution < -0.4 is 16.0 Å². The first-order valence-corrected chi connectivity index (χ1v) is 10.0. The number of anilines is 3. The molecule has 0 bridgehead atoms. The van der Waals surface area contributed by atoms with Gasteiger partial charge in [-0.1, -0.05) is 24.3 Å². The molecule has 1 amide bonds. The van der Waals surface area contributed by atoms with E-state index in [2.05, 4.69) is 31.1 Å². The van der Waals surface area contributed by atoms with Crippen LogP contribution in [0.15, 0.2) is 60.8 Å². The molecule has 3 aromatic heterocycles. The molecule has 1 aromatic carbocycles. The molecule has 0 aliphatic carbocycles. The molecule has 4 rings (SSSR count). The number of carbonyl (C=O) groups excluding carboxylic acids is 1. The van der Waals surface area contributed by atoms with Gasteiger partial charge in [-0.3, -0.25) is 4.79 Å². The summed E-state index contributed by atoms with van der Waals surface area (Å²) in [5.41, 5.74) is 1.10. The number of fused-ring (bicyclic) bond motifs is 1. The van der Waals surface area contributed by atoms with Crippen molar-refractivity contribution >= 4 is 44.8 Å². The quantitative estimate of drug-likeness (QED) is 0.404. The van der Waals surface area contributed by atoms with Crippen molar-refractivity contribution in [3.8, 4) is 0 Å². The van der Waals surface area contributed by atoms with Gasteiger partial charge in [0.2, 0.25) is 0 Å². The Hall–Kier alpha value is -3.52. The van der Waals surface area contributed by atoms with E-state index in [0.29, 0.717) is 29.6 Å². The smallest absolute Gasteiger partial charge is 0.261 e. The second kappa shape index (κ2) is 8.66.